The number of ether oxygens (including phenoxy) is 2. The van der Waals surface area contributed by atoms with E-state index >= 15 is 0 Å². The minimum atomic E-state index is 0.414. The lowest BCUT2D eigenvalue weighted by Crippen LogP contribution is -2.31. The summed E-state index contributed by atoms with van der Waals surface area (Å²) in [6.07, 6.45) is 0.996. The highest BCUT2D eigenvalue weighted by atomic mass is 16.5. The Morgan fingerprint density at radius 3 is 2.43 bits per heavy atom. The molecule has 21 heavy (non-hydrogen) atoms. The summed E-state index contributed by atoms with van der Waals surface area (Å²) in [5.74, 6) is 1.68. The van der Waals surface area contributed by atoms with Gasteiger partial charge in [0.25, 0.3) is 0 Å². The third kappa shape index (κ3) is 2.49. The molecule has 0 N–H and O–H groups in total. The summed E-state index contributed by atoms with van der Waals surface area (Å²) in [5.41, 5.74) is 3.95. The molecule has 2 aromatic carbocycles. The number of likely N-dealkylation sites (N-methyl/N-ethyl adjacent to an activating group) is 1. The van der Waals surface area contributed by atoms with Crippen LogP contribution < -0.4 is 9.47 Å². The molecule has 1 heterocycles. The van der Waals surface area contributed by atoms with Crippen LogP contribution in [0.5, 0.6) is 11.5 Å². The molecule has 1 unspecified atom stereocenters. The monoisotopic (exact) mass is 283 g/mol. The lowest BCUT2D eigenvalue weighted by Gasteiger charge is -2.35. The van der Waals surface area contributed by atoms with E-state index in [9.17, 15) is 0 Å². The molecule has 3 heteroatoms. The molecule has 0 aliphatic carbocycles. The van der Waals surface area contributed by atoms with Crippen molar-refractivity contribution in [2.24, 2.45) is 0 Å². The van der Waals surface area contributed by atoms with Crippen LogP contribution in [0.1, 0.15) is 22.7 Å². The van der Waals surface area contributed by atoms with E-state index in [1.807, 2.05) is 6.07 Å². The van der Waals surface area contributed by atoms with Crippen LogP contribution in [0.3, 0.4) is 0 Å². The second kappa shape index (κ2) is 5.78. The van der Waals surface area contributed by atoms with Crippen LogP contribution in [0, 0.1) is 0 Å². The normalized spacial score (nSPS) is 18.1. The van der Waals surface area contributed by atoms with Crippen molar-refractivity contribution in [3.63, 3.8) is 0 Å². The van der Waals surface area contributed by atoms with Gasteiger partial charge >= 0.3 is 0 Å². The van der Waals surface area contributed by atoms with Gasteiger partial charge < -0.3 is 9.47 Å². The quantitative estimate of drug-likeness (QED) is 0.861. The van der Waals surface area contributed by atoms with Crippen LogP contribution in [-0.2, 0) is 13.0 Å². The third-order valence-corrected chi connectivity index (χ3v) is 4.28. The topological polar surface area (TPSA) is 21.7 Å². The van der Waals surface area contributed by atoms with Gasteiger partial charge in [-0.15, -0.1) is 0 Å². The van der Waals surface area contributed by atoms with Gasteiger partial charge in [0.1, 0.15) is 0 Å². The molecule has 0 bridgehead atoms. The third-order valence-electron chi connectivity index (χ3n) is 4.28. The maximum atomic E-state index is 5.57. The summed E-state index contributed by atoms with van der Waals surface area (Å²) >= 11 is 0. The first-order valence-corrected chi connectivity index (χ1v) is 7.22. The molecule has 1 atom stereocenters. The number of rotatable bonds is 3. The van der Waals surface area contributed by atoms with E-state index in [-0.39, 0.29) is 0 Å². The van der Waals surface area contributed by atoms with Gasteiger partial charge in [-0.05, 0) is 30.7 Å². The summed E-state index contributed by atoms with van der Waals surface area (Å²) in [4.78, 5) is 2.37. The van der Waals surface area contributed by atoms with Gasteiger partial charge in [-0.25, -0.2) is 0 Å². The second-order valence-corrected chi connectivity index (χ2v) is 5.48. The average Bonchev–Trinajstić information content (AvgIpc) is 2.54. The van der Waals surface area contributed by atoms with Gasteiger partial charge in [0.15, 0.2) is 11.5 Å². The first kappa shape index (κ1) is 14.0. The number of nitrogens with zero attached hydrogens (tertiary/aromatic N) is 1. The summed E-state index contributed by atoms with van der Waals surface area (Å²) < 4.78 is 11.0. The lowest BCUT2D eigenvalue weighted by molar-refractivity contribution is 0.212. The van der Waals surface area contributed by atoms with Gasteiger partial charge in [0.05, 0.1) is 14.2 Å². The molecule has 1 aliphatic rings. The number of benzene rings is 2. The minimum absolute atomic E-state index is 0.414. The molecule has 0 saturated carbocycles. The van der Waals surface area contributed by atoms with Crippen LogP contribution in [0.4, 0.5) is 0 Å². The average molecular weight is 283 g/mol. The minimum Gasteiger partial charge on any atom is -0.493 e. The molecule has 0 aromatic heterocycles. The van der Waals surface area contributed by atoms with Crippen molar-refractivity contribution < 1.29 is 9.47 Å². The predicted octanol–water partition coefficient (Wildman–Crippen LogP) is 3.43. The standard InChI is InChI=1S/C18H21NO2/c1-19-12-15-14(9-10-17(20-2)18(15)21-3)11-16(19)13-7-5-4-6-8-13/h4-10,16H,11-12H2,1-3H3. The fourth-order valence-corrected chi connectivity index (χ4v) is 3.17. The van der Waals surface area contributed by atoms with Crippen molar-refractivity contribution in [1.82, 2.24) is 4.90 Å². The molecule has 2 aromatic rings. The van der Waals surface area contributed by atoms with E-state index in [1.54, 1.807) is 14.2 Å². The number of fused-ring (bicyclic) bond motifs is 1. The Bertz CT molecular complexity index is 625. The Kier molecular flexibility index (Phi) is 3.84. The molecule has 0 saturated heterocycles. The number of hydrogen-bond donors (Lipinski definition) is 0. The van der Waals surface area contributed by atoms with E-state index in [1.165, 1.54) is 16.7 Å². The molecule has 0 spiro atoms. The van der Waals surface area contributed by atoms with Crippen molar-refractivity contribution in [2.75, 3.05) is 21.3 Å². The van der Waals surface area contributed by atoms with Crippen LogP contribution in [0.2, 0.25) is 0 Å². The number of methoxy groups -OCH3 is 2. The van der Waals surface area contributed by atoms with E-state index in [2.05, 4.69) is 48.3 Å². The van der Waals surface area contributed by atoms with Crippen molar-refractivity contribution in [1.29, 1.82) is 0 Å². The van der Waals surface area contributed by atoms with Gasteiger partial charge in [0, 0.05) is 18.2 Å². The maximum Gasteiger partial charge on any atom is 0.165 e. The largest absolute Gasteiger partial charge is 0.493 e. The van der Waals surface area contributed by atoms with Gasteiger partial charge in [0.2, 0.25) is 0 Å². The SMILES string of the molecule is COc1ccc2c(c1OC)CN(C)C(c1ccccc1)C2. The zero-order valence-corrected chi connectivity index (χ0v) is 12.8. The summed E-state index contributed by atoms with van der Waals surface area (Å²) in [6.45, 7) is 0.870. The zero-order chi connectivity index (χ0) is 14.8. The molecular weight excluding hydrogens is 262 g/mol. The Hall–Kier alpha value is -2.00. The van der Waals surface area contributed by atoms with Crippen LogP contribution in [0.15, 0.2) is 42.5 Å². The van der Waals surface area contributed by atoms with Crippen LogP contribution in [-0.4, -0.2) is 26.2 Å². The zero-order valence-electron chi connectivity index (χ0n) is 12.8. The smallest absolute Gasteiger partial charge is 0.165 e. The molecule has 0 amide bonds. The van der Waals surface area contributed by atoms with Crippen molar-refractivity contribution in [2.45, 2.75) is 19.0 Å². The predicted molar refractivity (Wildman–Crippen MR) is 83.9 cm³/mol. The summed E-state index contributed by atoms with van der Waals surface area (Å²) in [7, 11) is 5.56. The van der Waals surface area contributed by atoms with Gasteiger partial charge in [-0.1, -0.05) is 36.4 Å². The van der Waals surface area contributed by atoms with Gasteiger partial charge in [-0.2, -0.15) is 0 Å². The Morgan fingerprint density at radius 1 is 1.00 bits per heavy atom. The van der Waals surface area contributed by atoms with E-state index in [0.717, 1.165) is 24.5 Å². The van der Waals surface area contributed by atoms with E-state index in [0.29, 0.717) is 6.04 Å². The summed E-state index contributed by atoms with van der Waals surface area (Å²) in [5, 5.41) is 0. The first-order valence-electron chi connectivity index (χ1n) is 7.22. The van der Waals surface area contributed by atoms with E-state index in [4.69, 9.17) is 9.47 Å². The van der Waals surface area contributed by atoms with Crippen molar-refractivity contribution in [3.8, 4) is 11.5 Å². The second-order valence-electron chi connectivity index (χ2n) is 5.48. The Labute approximate surface area is 126 Å². The van der Waals surface area contributed by atoms with E-state index < -0.39 is 0 Å². The Balaban J connectivity index is 1.99. The fraction of sp³-hybridized carbons (Fsp3) is 0.333. The molecule has 3 nitrogen and oxygen atoms in total. The van der Waals surface area contributed by atoms with Crippen LogP contribution in [0.25, 0.3) is 0 Å². The lowest BCUT2D eigenvalue weighted by atomic mass is 9.89. The van der Waals surface area contributed by atoms with Crippen molar-refractivity contribution in [3.05, 3.63) is 59.2 Å². The molecule has 3 rings (SSSR count). The summed E-state index contributed by atoms with van der Waals surface area (Å²) in [6, 6.07) is 15.3. The van der Waals surface area contributed by atoms with Crippen molar-refractivity contribution >= 4 is 0 Å². The molecule has 110 valence electrons. The maximum absolute atomic E-state index is 5.57. The molecule has 0 fully saturated rings. The van der Waals surface area contributed by atoms with Gasteiger partial charge in [-0.3, -0.25) is 4.90 Å². The molecule has 1 aliphatic heterocycles. The highest BCUT2D eigenvalue weighted by molar-refractivity contribution is 5.52. The number of hydrogen-bond acceptors (Lipinski definition) is 3. The van der Waals surface area contributed by atoms with Crippen LogP contribution >= 0.6 is 0 Å². The highest BCUT2D eigenvalue weighted by Gasteiger charge is 2.28. The fourth-order valence-electron chi connectivity index (χ4n) is 3.17. The first-order chi connectivity index (χ1) is 10.2. The molecule has 0 radical (unpaired) electrons. The Morgan fingerprint density at radius 2 is 1.76 bits per heavy atom. The molecular formula is C18H21NO2. The highest BCUT2D eigenvalue weighted by Crippen LogP contribution is 2.40.